The topological polar surface area (TPSA) is 56.8 Å². The summed E-state index contributed by atoms with van der Waals surface area (Å²) in [4.78, 5) is 38.4. The molecule has 3 heterocycles. The van der Waals surface area contributed by atoms with E-state index in [1.54, 1.807) is 0 Å². The van der Waals surface area contributed by atoms with Gasteiger partial charge >= 0.3 is 0 Å². The highest BCUT2D eigenvalue weighted by atomic mass is 16.2. The Balaban J connectivity index is 1.21. The third-order valence-corrected chi connectivity index (χ3v) is 8.85. The standard InChI is InChI=1S/C35H44N4O2/c1-3-5-12-27(4-2)34(40)38-19-17-31(18-20-38)37-21-23-39(24-22-37)35(41)30-25-32(28-13-8-6-9-14-28)36-33(26-30)29-15-10-7-11-16-29/h6-11,13-16,25-27,31H,3-5,12,17-24H2,1-2H3. The molecule has 1 atom stereocenters. The number of unbranched alkanes of at least 4 members (excludes halogenated alkanes) is 1. The first-order chi connectivity index (χ1) is 20.1. The number of carbonyl (C=O) groups is 2. The zero-order chi connectivity index (χ0) is 28.6. The van der Waals surface area contributed by atoms with Crippen molar-refractivity contribution >= 4 is 11.8 Å². The van der Waals surface area contributed by atoms with Crippen molar-refractivity contribution in [2.45, 2.75) is 58.4 Å². The highest BCUT2D eigenvalue weighted by Gasteiger charge is 2.32. The first-order valence-corrected chi connectivity index (χ1v) is 15.5. The Morgan fingerprint density at radius 1 is 0.780 bits per heavy atom. The molecule has 2 aromatic carbocycles. The number of pyridine rings is 1. The fourth-order valence-corrected chi connectivity index (χ4v) is 6.30. The quantitative estimate of drug-likeness (QED) is 0.309. The number of benzene rings is 2. The Morgan fingerprint density at radius 2 is 1.34 bits per heavy atom. The average molecular weight is 553 g/mol. The lowest BCUT2D eigenvalue weighted by atomic mass is 9.95. The number of carbonyl (C=O) groups excluding carboxylic acids is 2. The fourth-order valence-electron chi connectivity index (χ4n) is 6.30. The first kappa shape index (κ1) is 29.0. The maximum Gasteiger partial charge on any atom is 0.254 e. The van der Waals surface area contributed by atoms with Crippen molar-refractivity contribution < 1.29 is 9.59 Å². The van der Waals surface area contributed by atoms with Crippen LogP contribution >= 0.6 is 0 Å². The van der Waals surface area contributed by atoms with Crippen LogP contribution in [-0.4, -0.2) is 76.8 Å². The highest BCUT2D eigenvalue weighted by Crippen LogP contribution is 2.27. The molecular formula is C35H44N4O2. The molecule has 3 aromatic rings. The highest BCUT2D eigenvalue weighted by molar-refractivity contribution is 5.96. The molecule has 1 unspecified atom stereocenters. The van der Waals surface area contributed by atoms with Gasteiger partial charge in [0.1, 0.15) is 0 Å². The molecule has 6 nitrogen and oxygen atoms in total. The second-order valence-corrected chi connectivity index (χ2v) is 11.5. The predicted octanol–water partition coefficient (Wildman–Crippen LogP) is 6.38. The van der Waals surface area contributed by atoms with Crippen LogP contribution in [0.1, 0.15) is 62.7 Å². The van der Waals surface area contributed by atoms with Gasteiger partial charge in [0.15, 0.2) is 0 Å². The Hall–Kier alpha value is -3.51. The van der Waals surface area contributed by atoms with Gasteiger partial charge in [-0.1, -0.05) is 87.4 Å². The summed E-state index contributed by atoms with van der Waals surface area (Å²) in [6, 6.07) is 24.5. The van der Waals surface area contributed by atoms with Gasteiger partial charge in [-0.3, -0.25) is 14.5 Å². The third-order valence-electron chi connectivity index (χ3n) is 8.85. The number of aromatic nitrogens is 1. The number of piperazine rings is 1. The van der Waals surface area contributed by atoms with Crippen LogP contribution in [0.25, 0.3) is 22.5 Å². The van der Waals surface area contributed by atoms with E-state index in [0.717, 1.165) is 100 Å². The lowest BCUT2D eigenvalue weighted by Gasteiger charge is -2.43. The molecule has 2 aliphatic rings. The van der Waals surface area contributed by atoms with E-state index in [2.05, 4.69) is 23.6 Å². The average Bonchev–Trinajstić information content (AvgIpc) is 3.05. The van der Waals surface area contributed by atoms with E-state index in [1.165, 1.54) is 0 Å². The van der Waals surface area contributed by atoms with Crippen molar-refractivity contribution in [1.29, 1.82) is 0 Å². The second-order valence-electron chi connectivity index (χ2n) is 11.5. The first-order valence-electron chi connectivity index (χ1n) is 15.5. The van der Waals surface area contributed by atoms with Gasteiger partial charge in [-0.15, -0.1) is 0 Å². The van der Waals surface area contributed by atoms with Gasteiger partial charge in [0.25, 0.3) is 5.91 Å². The number of amides is 2. The summed E-state index contributed by atoms with van der Waals surface area (Å²) in [7, 11) is 0. The molecule has 0 N–H and O–H groups in total. The lowest BCUT2D eigenvalue weighted by molar-refractivity contribution is -0.137. The fraction of sp³-hybridized carbons (Fsp3) is 0.457. The predicted molar refractivity (Wildman–Crippen MR) is 165 cm³/mol. The molecule has 2 saturated heterocycles. The number of likely N-dealkylation sites (tertiary alicyclic amines) is 1. The molecule has 0 bridgehead atoms. The number of rotatable bonds is 9. The van der Waals surface area contributed by atoms with Crippen molar-refractivity contribution in [3.63, 3.8) is 0 Å². The van der Waals surface area contributed by atoms with Crippen molar-refractivity contribution in [3.05, 3.63) is 78.4 Å². The summed E-state index contributed by atoms with van der Waals surface area (Å²) in [6.45, 7) is 9.23. The SMILES string of the molecule is CCCCC(CC)C(=O)N1CCC(N2CCN(C(=O)c3cc(-c4ccccc4)nc(-c4ccccc4)c3)CC2)CC1. The Morgan fingerprint density at radius 3 is 1.85 bits per heavy atom. The molecule has 2 aliphatic heterocycles. The van der Waals surface area contributed by atoms with Gasteiger partial charge in [-0.25, -0.2) is 4.98 Å². The Labute approximate surface area is 245 Å². The minimum atomic E-state index is 0.0690. The number of hydrogen-bond acceptors (Lipinski definition) is 4. The van der Waals surface area contributed by atoms with E-state index >= 15 is 0 Å². The summed E-state index contributed by atoms with van der Waals surface area (Å²) in [5.41, 5.74) is 4.33. The number of piperidine rings is 1. The summed E-state index contributed by atoms with van der Waals surface area (Å²) in [5, 5.41) is 0. The van der Waals surface area contributed by atoms with E-state index < -0.39 is 0 Å². The van der Waals surface area contributed by atoms with Gasteiger partial charge in [0.2, 0.25) is 5.91 Å². The zero-order valence-corrected chi connectivity index (χ0v) is 24.7. The normalized spacial score (nSPS) is 17.4. The van der Waals surface area contributed by atoms with Gasteiger partial charge in [0.05, 0.1) is 11.4 Å². The second kappa shape index (κ2) is 13.9. The summed E-state index contributed by atoms with van der Waals surface area (Å²) < 4.78 is 0. The summed E-state index contributed by atoms with van der Waals surface area (Å²) in [6.07, 6.45) is 6.27. The van der Waals surface area contributed by atoms with Crippen LogP contribution in [0.4, 0.5) is 0 Å². The molecule has 0 saturated carbocycles. The molecule has 216 valence electrons. The van der Waals surface area contributed by atoms with Gasteiger partial charge in [-0.2, -0.15) is 0 Å². The van der Waals surface area contributed by atoms with Gasteiger partial charge in [0, 0.05) is 67.9 Å². The van der Waals surface area contributed by atoms with Crippen molar-refractivity contribution in [3.8, 4) is 22.5 Å². The molecule has 6 heteroatoms. The van der Waals surface area contributed by atoms with Gasteiger partial charge in [-0.05, 0) is 37.8 Å². The maximum absolute atomic E-state index is 13.8. The lowest BCUT2D eigenvalue weighted by Crippen LogP contribution is -2.55. The van der Waals surface area contributed by atoms with Crippen LogP contribution in [0, 0.1) is 5.92 Å². The molecule has 0 radical (unpaired) electrons. The van der Waals surface area contributed by atoms with Crippen molar-refractivity contribution in [1.82, 2.24) is 19.7 Å². The molecule has 0 aliphatic carbocycles. The molecule has 2 amide bonds. The van der Waals surface area contributed by atoms with E-state index in [9.17, 15) is 9.59 Å². The number of hydrogen-bond donors (Lipinski definition) is 0. The van der Waals surface area contributed by atoms with E-state index in [1.807, 2.05) is 77.7 Å². The van der Waals surface area contributed by atoms with Crippen LogP contribution in [0.15, 0.2) is 72.8 Å². The third kappa shape index (κ3) is 7.05. The monoisotopic (exact) mass is 552 g/mol. The molecule has 2 fully saturated rings. The summed E-state index contributed by atoms with van der Waals surface area (Å²) >= 11 is 0. The van der Waals surface area contributed by atoms with Crippen LogP contribution in [0.5, 0.6) is 0 Å². The summed E-state index contributed by atoms with van der Waals surface area (Å²) in [5.74, 6) is 0.607. The Kier molecular flexibility index (Phi) is 9.84. The molecule has 5 rings (SSSR count). The minimum Gasteiger partial charge on any atom is -0.342 e. The smallest absolute Gasteiger partial charge is 0.254 e. The van der Waals surface area contributed by atoms with E-state index in [0.29, 0.717) is 17.5 Å². The maximum atomic E-state index is 13.8. The molecule has 41 heavy (non-hydrogen) atoms. The largest absolute Gasteiger partial charge is 0.342 e. The van der Waals surface area contributed by atoms with Crippen LogP contribution in [0.3, 0.4) is 0 Å². The van der Waals surface area contributed by atoms with Crippen LogP contribution < -0.4 is 0 Å². The van der Waals surface area contributed by atoms with Gasteiger partial charge < -0.3 is 9.80 Å². The molecule has 0 spiro atoms. The van der Waals surface area contributed by atoms with Crippen molar-refractivity contribution in [2.24, 2.45) is 5.92 Å². The zero-order valence-electron chi connectivity index (χ0n) is 24.7. The molecular weight excluding hydrogens is 508 g/mol. The van der Waals surface area contributed by atoms with Crippen LogP contribution in [0.2, 0.25) is 0 Å². The Bertz CT molecular complexity index is 1220. The molecule has 1 aromatic heterocycles. The van der Waals surface area contributed by atoms with E-state index in [-0.39, 0.29) is 11.8 Å². The van der Waals surface area contributed by atoms with E-state index in [4.69, 9.17) is 4.98 Å². The number of nitrogens with zero attached hydrogens (tertiary/aromatic N) is 4. The van der Waals surface area contributed by atoms with Crippen molar-refractivity contribution in [2.75, 3.05) is 39.3 Å². The van der Waals surface area contributed by atoms with Crippen LogP contribution in [-0.2, 0) is 4.79 Å². The minimum absolute atomic E-state index is 0.0690.